The third kappa shape index (κ3) is 5.17. The summed E-state index contributed by atoms with van der Waals surface area (Å²) in [6.45, 7) is 9.57. The smallest absolute Gasteiger partial charge is 0.338 e. The first-order valence-corrected chi connectivity index (χ1v) is 11.7. The van der Waals surface area contributed by atoms with E-state index in [0.29, 0.717) is 18.7 Å². The number of hydrogen-bond donors (Lipinski definition) is 0. The monoisotopic (exact) mass is 424 g/mol. The lowest BCUT2D eigenvalue weighted by Crippen LogP contribution is -2.49. The Morgan fingerprint density at radius 2 is 1.72 bits per heavy atom. The molecule has 0 radical (unpaired) electrons. The van der Waals surface area contributed by atoms with Gasteiger partial charge in [0, 0.05) is 25.2 Å². The van der Waals surface area contributed by atoms with Crippen molar-refractivity contribution in [1.82, 2.24) is 9.21 Å². The number of amides is 1. The van der Waals surface area contributed by atoms with Gasteiger partial charge in [-0.15, -0.1) is 0 Å². The lowest BCUT2D eigenvalue weighted by atomic mass is 9.97. The van der Waals surface area contributed by atoms with Gasteiger partial charge in [0.15, 0.2) is 6.61 Å². The minimum atomic E-state index is -3.69. The Labute approximate surface area is 174 Å². The summed E-state index contributed by atoms with van der Waals surface area (Å²) in [6, 6.07) is 4.65. The molecule has 2 unspecified atom stereocenters. The van der Waals surface area contributed by atoms with Crippen LogP contribution >= 0.6 is 0 Å². The highest BCUT2D eigenvalue weighted by atomic mass is 32.2. The number of nitrogens with zero attached hydrogens (tertiary/aromatic N) is 2. The first kappa shape index (κ1) is 23.3. The number of carbonyl (C=O) groups excluding carboxylic acids is 2. The maximum absolute atomic E-state index is 12.7. The largest absolute Gasteiger partial charge is 0.452 e. The van der Waals surface area contributed by atoms with Gasteiger partial charge >= 0.3 is 5.97 Å². The van der Waals surface area contributed by atoms with Crippen LogP contribution in [0.4, 0.5) is 0 Å². The number of sulfonamides is 1. The van der Waals surface area contributed by atoms with Crippen molar-refractivity contribution in [1.29, 1.82) is 0 Å². The van der Waals surface area contributed by atoms with E-state index in [1.165, 1.54) is 16.4 Å². The molecule has 0 N–H and O–H groups in total. The van der Waals surface area contributed by atoms with E-state index in [0.717, 1.165) is 19.3 Å². The molecule has 1 aromatic carbocycles. The fourth-order valence-corrected chi connectivity index (χ4v) is 5.37. The zero-order valence-electron chi connectivity index (χ0n) is 18.0. The van der Waals surface area contributed by atoms with Crippen LogP contribution in [0, 0.1) is 6.92 Å². The van der Waals surface area contributed by atoms with Crippen molar-refractivity contribution in [2.75, 3.05) is 19.7 Å². The number of rotatable bonds is 7. The second-order valence-electron chi connectivity index (χ2n) is 7.57. The van der Waals surface area contributed by atoms with Gasteiger partial charge in [-0.1, -0.05) is 19.9 Å². The fraction of sp³-hybridized carbons (Fsp3) is 0.619. The van der Waals surface area contributed by atoms with Gasteiger partial charge in [0.05, 0.1) is 10.5 Å². The van der Waals surface area contributed by atoms with Gasteiger partial charge in [-0.2, -0.15) is 4.31 Å². The van der Waals surface area contributed by atoms with Crippen molar-refractivity contribution >= 4 is 21.9 Å². The van der Waals surface area contributed by atoms with Crippen LogP contribution in [0.25, 0.3) is 0 Å². The van der Waals surface area contributed by atoms with Crippen LogP contribution in [0.3, 0.4) is 0 Å². The standard InChI is InChI=1S/C21H32N2O5S/c1-6-22(7-2)29(26,27)18-12-11-15(3)19(13-18)21(25)28-14-20(24)23-16(4)9-8-10-17(23)5/h11-13,16-17H,6-10,14H2,1-5H3. The van der Waals surface area contributed by atoms with E-state index in [2.05, 4.69) is 0 Å². The molecule has 8 heteroatoms. The summed E-state index contributed by atoms with van der Waals surface area (Å²) in [5, 5.41) is 0. The third-order valence-corrected chi connectivity index (χ3v) is 7.63. The van der Waals surface area contributed by atoms with E-state index in [-0.39, 0.29) is 35.1 Å². The molecule has 29 heavy (non-hydrogen) atoms. The fourth-order valence-electron chi connectivity index (χ4n) is 3.89. The molecule has 0 spiro atoms. The number of ether oxygens (including phenoxy) is 1. The van der Waals surface area contributed by atoms with E-state index in [1.807, 2.05) is 13.8 Å². The molecule has 2 atom stereocenters. The zero-order valence-corrected chi connectivity index (χ0v) is 18.8. The second-order valence-corrected chi connectivity index (χ2v) is 9.51. The van der Waals surface area contributed by atoms with Crippen LogP contribution in [0.5, 0.6) is 0 Å². The lowest BCUT2D eigenvalue weighted by molar-refractivity contribution is -0.140. The third-order valence-electron chi connectivity index (χ3n) is 5.58. The maximum Gasteiger partial charge on any atom is 0.338 e. The SMILES string of the molecule is CCN(CC)S(=O)(=O)c1ccc(C)c(C(=O)OCC(=O)N2C(C)CCCC2C)c1. The molecule has 1 fully saturated rings. The molecule has 1 aliphatic heterocycles. The predicted octanol–water partition coefficient (Wildman–Crippen LogP) is 2.97. The number of piperidine rings is 1. The molecule has 7 nitrogen and oxygen atoms in total. The van der Waals surface area contributed by atoms with Crippen molar-refractivity contribution in [3.63, 3.8) is 0 Å². The molecular formula is C21H32N2O5S. The summed E-state index contributed by atoms with van der Waals surface area (Å²) in [5.41, 5.74) is 0.756. The van der Waals surface area contributed by atoms with E-state index in [4.69, 9.17) is 4.74 Å². The maximum atomic E-state index is 12.7. The Balaban J connectivity index is 2.16. The highest BCUT2D eigenvalue weighted by Gasteiger charge is 2.30. The number of benzene rings is 1. The second kappa shape index (κ2) is 9.71. The van der Waals surface area contributed by atoms with Gasteiger partial charge in [-0.05, 0) is 57.7 Å². The van der Waals surface area contributed by atoms with Gasteiger partial charge in [-0.25, -0.2) is 13.2 Å². The number of aryl methyl sites for hydroxylation is 1. The van der Waals surface area contributed by atoms with Crippen LogP contribution in [0.1, 0.15) is 62.9 Å². The Hall–Kier alpha value is -1.93. The summed E-state index contributed by atoms with van der Waals surface area (Å²) in [7, 11) is -3.69. The molecule has 0 saturated carbocycles. The van der Waals surface area contributed by atoms with E-state index in [9.17, 15) is 18.0 Å². The summed E-state index contributed by atoms with van der Waals surface area (Å²) in [6.07, 6.45) is 2.96. The molecule has 0 aliphatic carbocycles. The number of carbonyl (C=O) groups is 2. The quantitative estimate of drug-likeness (QED) is 0.629. The molecular weight excluding hydrogens is 392 g/mol. The van der Waals surface area contributed by atoms with Gasteiger partial charge < -0.3 is 9.64 Å². The Bertz CT molecular complexity index is 839. The summed E-state index contributed by atoms with van der Waals surface area (Å²) in [5.74, 6) is -0.910. The number of hydrogen-bond acceptors (Lipinski definition) is 5. The number of likely N-dealkylation sites (tertiary alicyclic amines) is 1. The van der Waals surface area contributed by atoms with Crippen molar-refractivity contribution in [2.24, 2.45) is 0 Å². The van der Waals surface area contributed by atoms with Crippen molar-refractivity contribution in [3.8, 4) is 0 Å². The molecule has 1 aliphatic rings. The molecule has 0 aromatic heterocycles. The van der Waals surface area contributed by atoms with Crippen molar-refractivity contribution in [2.45, 2.75) is 70.9 Å². The van der Waals surface area contributed by atoms with Gasteiger partial charge in [0.25, 0.3) is 5.91 Å². The average Bonchev–Trinajstić information content (AvgIpc) is 2.66. The van der Waals surface area contributed by atoms with Crippen LogP contribution in [-0.2, 0) is 19.6 Å². The first-order chi connectivity index (χ1) is 13.6. The minimum absolute atomic E-state index is 0.0448. The van der Waals surface area contributed by atoms with Crippen molar-refractivity contribution in [3.05, 3.63) is 29.3 Å². The summed E-state index contributed by atoms with van der Waals surface area (Å²) >= 11 is 0. The van der Waals surface area contributed by atoms with Gasteiger partial charge in [0.1, 0.15) is 0 Å². The summed E-state index contributed by atoms with van der Waals surface area (Å²) < 4.78 is 32.1. The molecule has 162 valence electrons. The molecule has 1 amide bonds. The molecule has 1 aromatic rings. The topological polar surface area (TPSA) is 84.0 Å². The Kier molecular flexibility index (Phi) is 7.82. The minimum Gasteiger partial charge on any atom is -0.452 e. The van der Waals surface area contributed by atoms with Gasteiger partial charge in [-0.3, -0.25) is 4.79 Å². The molecule has 1 heterocycles. The number of esters is 1. The van der Waals surface area contributed by atoms with E-state index in [1.54, 1.807) is 31.7 Å². The Morgan fingerprint density at radius 3 is 2.28 bits per heavy atom. The van der Waals surface area contributed by atoms with Crippen LogP contribution in [0.2, 0.25) is 0 Å². The van der Waals surface area contributed by atoms with E-state index >= 15 is 0 Å². The highest BCUT2D eigenvalue weighted by Crippen LogP contribution is 2.23. The molecule has 0 bridgehead atoms. The average molecular weight is 425 g/mol. The van der Waals surface area contributed by atoms with Crippen LogP contribution in [-0.4, -0.2) is 61.3 Å². The van der Waals surface area contributed by atoms with Crippen LogP contribution < -0.4 is 0 Å². The van der Waals surface area contributed by atoms with Crippen molar-refractivity contribution < 1.29 is 22.7 Å². The predicted molar refractivity (Wildman–Crippen MR) is 111 cm³/mol. The van der Waals surface area contributed by atoms with Crippen LogP contribution in [0.15, 0.2) is 23.1 Å². The lowest BCUT2D eigenvalue weighted by Gasteiger charge is -2.38. The highest BCUT2D eigenvalue weighted by molar-refractivity contribution is 7.89. The van der Waals surface area contributed by atoms with Gasteiger partial charge in [0.2, 0.25) is 10.0 Å². The zero-order chi connectivity index (χ0) is 21.8. The Morgan fingerprint density at radius 1 is 1.14 bits per heavy atom. The first-order valence-electron chi connectivity index (χ1n) is 10.2. The van der Waals surface area contributed by atoms with E-state index < -0.39 is 16.0 Å². The summed E-state index contributed by atoms with van der Waals surface area (Å²) in [4.78, 5) is 27.0. The molecule has 1 saturated heterocycles. The normalized spacial score (nSPS) is 20.0. The molecule has 2 rings (SSSR count).